The maximum absolute atomic E-state index is 11.8. The molecule has 0 heterocycles. The van der Waals surface area contributed by atoms with E-state index in [2.05, 4.69) is 5.32 Å². The number of aliphatic hydroxyl groups excluding tert-OH is 1. The van der Waals surface area contributed by atoms with E-state index in [1.807, 2.05) is 13.8 Å². The van der Waals surface area contributed by atoms with Crippen LogP contribution < -0.4 is 14.8 Å². The van der Waals surface area contributed by atoms with Gasteiger partial charge in [0.1, 0.15) is 0 Å². The van der Waals surface area contributed by atoms with Crippen LogP contribution in [-0.4, -0.2) is 30.8 Å². The molecule has 0 radical (unpaired) electrons. The maximum atomic E-state index is 11.8. The average molecular weight is 295 g/mol. The molecule has 2 N–H and O–H groups in total. The van der Waals surface area contributed by atoms with Crippen LogP contribution in [-0.2, 0) is 4.79 Å². The molecule has 0 aliphatic heterocycles. The largest absolute Gasteiger partial charge is 0.493 e. The quantitative estimate of drug-likeness (QED) is 0.773. The standard InChI is InChI=1S/C16H25NO4/c1-5-13(6-2)17-16(19)10-21-14-8-7-12(11(3)18)9-15(14)20-4/h7-9,11,13,18H,5-6,10H2,1-4H3,(H,17,19). The molecule has 118 valence electrons. The summed E-state index contributed by atoms with van der Waals surface area (Å²) in [6, 6.07) is 5.34. The van der Waals surface area contributed by atoms with E-state index < -0.39 is 6.10 Å². The van der Waals surface area contributed by atoms with Crippen molar-refractivity contribution in [3.05, 3.63) is 23.8 Å². The predicted octanol–water partition coefficient (Wildman–Crippen LogP) is 2.43. The van der Waals surface area contributed by atoms with Gasteiger partial charge in [-0.1, -0.05) is 19.9 Å². The zero-order valence-corrected chi connectivity index (χ0v) is 13.2. The summed E-state index contributed by atoms with van der Waals surface area (Å²) >= 11 is 0. The third-order valence-corrected chi connectivity index (χ3v) is 3.38. The second-order valence-electron chi connectivity index (χ2n) is 4.96. The SMILES string of the molecule is CCC(CC)NC(=O)COc1ccc(C(C)O)cc1OC. The molecule has 1 aromatic rings. The molecule has 1 aromatic carbocycles. The normalized spacial score (nSPS) is 12.1. The van der Waals surface area contributed by atoms with E-state index >= 15 is 0 Å². The van der Waals surface area contributed by atoms with Crippen LogP contribution in [0, 0.1) is 0 Å². The van der Waals surface area contributed by atoms with Gasteiger partial charge in [-0.05, 0) is 37.5 Å². The summed E-state index contributed by atoms with van der Waals surface area (Å²) in [6.07, 6.45) is 1.22. The number of hydrogen-bond acceptors (Lipinski definition) is 4. The zero-order valence-electron chi connectivity index (χ0n) is 13.2. The van der Waals surface area contributed by atoms with Crippen molar-refractivity contribution < 1.29 is 19.4 Å². The lowest BCUT2D eigenvalue weighted by Gasteiger charge is -2.16. The van der Waals surface area contributed by atoms with Crippen molar-refractivity contribution in [3.63, 3.8) is 0 Å². The first-order chi connectivity index (χ1) is 10.0. The van der Waals surface area contributed by atoms with Crippen molar-refractivity contribution in [2.24, 2.45) is 0 Å². The molecule has 0 saturated carbocycles. The summed E-state index contributed by atoms with van der Waals surface area (Å²) in [4.78, 5) is 11.8. The lowest BCUT2D eigenvalue weighted by atomic mass is 10.1. The van der Waals surface area contributed by atoms with E-state index in [4.69, 9.17) is 9.47 Å². The minimum atomic E-state index is -0.578. The van der Waals surface area contributed by atoms with Gasteiger partial charge in [0.2, 0.25) is 0 Å². The summed E-state index contributed by atoms with van der Waals surface area (Å²) in [5.74, 6) is 0.843. The fourth-order valence-corrected chi connectivity index (χ4v) is 1.97. The van der Waals surface area contributed by atoms with Crippen molar-refractivity contribution >= 4 is 5.91 Å². The first kappa shape index (κ1) is 17.3. The number of carbonyl (C=O) groups excluding carboxylic acids is 1. The highest BCUT2D eigenvalue weighted by Gasteiger charge is 2.12. The summed E-state index contributed by atoms with van der Waals surface area (Å²) in [5.41, 5.74) is 0.737. The molecule has 0 aromatic heterocycles. The number of amides is 1. The van der Waals surface area contributed by atoms with E-state index in [0.29, 0.717) is 11.5 Å². The summed E-state index contributed by atoms with van der Waals surface area (Å²) < 4.78 is 10.7. The number of methoxy groups -OCH3 is 1. The smallest absolute Gasteiger partial charge is 0.258 e. The average Bonchev–Trinajstić information content (AvgIpc) is 2.50. The molecule has 0 spiro atoms. The van der Waals surface area contributed by atoms with Gasteiger partial charge in [-0.15, -0.1) is 0 Å². The minimum absolute atomic E-state index is 0.0547. The van der Waals surface area contributed by atoms with E-state index in [-0.39, 0.29) is 18.6 Å². The van der Waals surface area contributed by atoms with Gasteiger partial charge in [0.05, 0.1) is 13.2 Å². The molecule has 0 fully saturated rings. The number of aliphatic hydroxyl groups is 1. The Labute approximate surface area is 126 Å². The van der Waals surface area contributed by atoms with Crippen LogP contribution in [0.5, 0.6) is 11.5 Å². The molecule has 0 saturated heterocycles. The molecule has 0 aliphatic carbocycles. The third kappa shape index (κ3) is 5.27. The van der Waals surface area contributed by atoms with Crippen LogP contribution in [0.25, 0.3) is 0 Å². The first-order valence-corrected chi connectivity index (χ1v) is 7.29. The first-order valence-electron chi connectivity index (χ1n) is 7.29. The Hall–Kier alpha value is -1.75. The van der Waals surface area contributed by atoms with E-state index in [0.717, 1.165) is 18.4 Å². The minimum Gasteiger partial charge on any atom is -0.493 e. The monoisotopic (exact) mass is 295 g/mol. The van der Waals surface area contributed by atoms with Gasteiger partial charge >= 0.3 is 0 Å². The van der Waals surface area contributed by atoms with Crippen molar-refractivity contribution in [1.29, 1.82) is 0 Å². The Balaban J connectivity index is 2.64. The van der Waals surface area contributed by atoms with Crippen LogP contribution in [0.1, 0.15) is 45.3 Å². The number of nitrogens with one attached hydrogen (secondary N) is 1. The highest BCUT2D eigenvalue weighted by molar-refractivity contribution is 5.77. The molecule has 1 atom stereocenters. The van der Waals surface area contributed by atoms with Crippen LogP contribution in [0.3, 0.4) is 0 Å². The van der Waals surface area contributed by atoms with E-state index in [1.165, 1.54) is 7.11 Å². The van der Waals surface area contributed by atoms with Crippen molar-refractivity contribution in [1.82, 2.24) is 5.32 Å². The van der Waals surface area contributed by atoms with Crippen LogP contribution in [0.15, 0.2) is 18.2 Å². The summed E-state index contributed by atoms with van der Waals surface area (Å²) in [6.45, 7) is 5.69. The molecule has 1 amide bonds. The Bertz CT molecular complexity index is 456. The van der Waals surface area contributed by atoms with Crippen LogP contribution >= 0.6 is 0 Å². The van der Waals surface area contributed by atoms with Gasteiger partial charge in [-0.2, -0.15) is 0 Å². The van der Waals surface area contributed by atoms with Crippen molar-refractivity contribution in [3.8, 4) is 11.5 Å². The van der Waals surface area contributed by atoms with Gasteiger partial charge in [0.25, 0.3) is 5.91 Å². The maximum Gasteiger partial charge on any atom is 0.258 e. The van der Waals surface area contributed by atoms with Gasteiger partial charge in [0.15, 0.2) is 18.1 Å². The summed E-state index contributed by atoms with van der Waals surface area (Å²) in [7, 11) is 1.53. The fourth-order valence-electron chi connectivity index (χ4n) is 1.97. The highest BCUT2D eigenvalue weighted by Crippen LogP contribution is 2.30. The topological polar surface area (TPSA) is 67.8 Å². The molecule has 0 aliphatic rings. The number of hydrogen-bond donors (Lipinski definition) is 2. The second kappa shape index (κ2) is 8.52. The Morgan fingerprint density at radius 2 is 1.95 bits per heavy atom. The fraction of sp³-hybridized carbons (Fsp3) is 0.562. The lowest BCUT2D eigenvalue weighted by Crippen LogP contribution is -2.37. The molecule has 21 heavy (non-hydrogen) atoms. The number of carbonyl (C=O) groups is 1. The van der Waals surface area contributed by atoms with Crippen molar-refractivity contribution in [2.45, 2.75) is 45.8 Å². The van der Waals surface area contributed by atoms with Crippen LogP contribution in [0.2, 0.25) is 0 Å². The van der Waals surface area contributed by atoms with Gasteiger partial charge in [-0.25, -0.2) is 0 Å². The molecule has 1 unspecified atom stereocenters. The molecule has 1 rings (SSSR count). The molecular weight excluding hydrogens is 270 g/mol. The Kier molecular flexibility index (Phi) is 7.02. The molecule has 5 heteroatoms. The number of benzene rings is 1. The van der Waals surface area contributed by atoms with E-state index in [9.17, 15) is 9.90 Å². The number of rotatable bonds is 8. The summed E-state index contributed by atoms with van der Waals surface area (Å²) in [5, 5.41) is 12.5. The predicted molar refractivity (Wildman–Crippen MR) is 81.6 cm³/mol. The molecule has 5 nitrogen and oxygen atoms in total. The number of ether oxygens (including phenoxy) is 2. The highest BCUT2D eigenvalue weighted by atomic mass is 16.5. The molecular formula is C16H25NO4. The van der Waals surface area contributed by atoms with Gasteiger partial charge in [-0.3, -0.25) is 4.79 Å². The Morgan fingerprint density at radius 1 is 1.29 bits per heavy atom. The third-order valence-electron chi connectivity index (χ3n) is 3.38. The molecule has 0 bridgehead atoms. The van der Waals surface area contributed by atoms with Gasteiger partial charge in [0, 0.05) is 6.04 Å². The van der Waals surface area contributed by atoms with E-state index in [1.54, 1.807) is 25.1 Å². The Morgan fingerprint density at radius 3 is 2.48 bits per heavy atom. The van der Waals surface area contributed by atoms with Gasteiger partial charge < -0.3 is 19.9 Å². The van der Waals surface area contributed by atoms with Crippen molar-refractivity contribution in [2.75, 3.05) is 13.7 Å². The second-order valence-corrected chi connectivity index (χ2v) is 4.96. The zero-order chi connectivity index (χ0) is 15.8. The lowest BCUT2D eigenvalue weighted by molar-refractivity contribution is -0.123. The van der Waals surface area contributed by atoms with Crippen LogP contribution in [0.4, 0.5) is 0 Å².